The standard InChI is InChI=1S/2C2H5.2CH4.I2.2Y/c2*1-2;;;1-2;;/h2*1H2,2H3;2*1H4;;;/q2*-1;;;;;. The summed E-state index contributed by atoms with van der Waals surface area (Å²) in [6.07, 6.45) is 0. The second kappa shape index (κ2) is 128. The third kappa shape index (κ3) is 98.7. The molecule has 0 aromatic rings. The number of halogens is 2. The SMILES string of the molecule is C.C.II.[CH2-]C.[CH2-]C.[Y].[Y]. The summed E-state index contributed by atoms with van der Waals surface area (Å²) in [7, 11) is 0. The van der Waals surface area contributed by atoms with Gasteiger partial charge in [0.25, 0.3) is 0 Å². The fraction of sp³-hybridized carbons (Fsp3) is 0.667. The van der Waals surface area contributed by atoms with Crippen LogP contribution in [0.2, 0.25) is 0 Å². The molecular formula is C6H18I2Y2-2. The minimum atomic E-state index is 0. The number of hydrogen-bond donors (Lipinski definition) is 0. The maximum Gasteiger partial charge on any atom is 0 e. The van der Waals surface area contributed by atoms with Crippen molar-refractivity contribution in [1.29, 1.82) is 0 Å². The molecule has 0 aliphatic rings. The molecular weight excluding hydrogens is 504 g/mol. The first kappa shape index (κ1) is 49.3. The Hall–Kier alpha value is 3.67. The summed E-state index contributed by atoms with van der Waals surface area (Å²) in [5.41, 5.74) is 0. The Morgan fingerprint density at radius 2 is 0.700 bits per heavy atom. The van der Waals surface area contributed by atoms with Crippen molar-refractivity contribution in [2.45, 2.75) is 28.7 Å². The van der Waals surface area contributed by atoms with Crippen LogP contribution in [0.15, 0.2) is 0 Å². The average molecular weight is 522 g/mol. The monoisotopic (exact) mass is 522 g/mol. The van der Waals surface area contributed by atoms with E-state index in [0.717, 1.165) is 0 Å². The van der Waals surface area contributed by atoms with E-state index in [4.69, 9.17) is 0 Å². The third-order valence-electron chi connectivity index (χ3n) is 0. The van der Waals surface area contributed by atoms with Crippen LogP contribution in [-0.4, -0.2) is 0 Å². The summed E-state index contributed by atoms with van der Waals surface area (Å²) in [5, 5.41) is 0. The average Bonchev–Trinajstić information content (AvgIpc) is 1.81. The molecule has 0 rings (SSSR count). The van der Waals surface area contributed by atoms with E-state index in [0.29, 0.717) is 0 Å². The summed E-state index contributed by atoms with van der Waals surface area (Å²) < 4.78 is 0. The molecule has 0 aromatic carbocycles. The van der Waals surface area contributed by atoms with Crippen molar-refractivity contribution < 1.29 is 65.4 Å². The number of hydrogen-bond acceptors (Lipinski definition) is 0. The molecule has 4 heteroatoms. The van der Waals surface area contributed by atoms with Crippen molar-refractivity contribution in [2.24, 2.45) is 0 Å². The quantitative estimate of drug-likeness (QED) is 0.320. The van der Waals surface area contributed by atoms with Crippen molar-refractivity contribution in [3.8, 4) is 0 Å². The summed E-state index contributed by atoms with van der Waals surface area (Å²) >= 11 is 4.24. The van der Waals surface area contributed by atoms with Gasteiger partial charge < -0.3 is 13.8 Å². The van der Waals surface area contributed by atoms with Gasteiger partial charge in [-0.15, -0.1) is 0 Å². The summed E-state index contributed by atoms with van der Waals surface area (Å²) in [6.45, 7) is 10.0. The van der Waals surface area contributed by atoms with Gasteiger partial charge in [-0.1, -0.05) is 14.9 Å². The van der Waals surface area contributed by atoms with Crippen molar-refractivity contribution in [3.63, 3.8) is 0 Å². The van der Waals surface area contributed by atoms with Crippen LogP contribution in [0.1, 0.15) is 28.7 Å². The summed E-state index contributed by atoms with van der Waals surface area (Å²) in [4.78, 5) is 0. The van der Waals surface area contributed by atoms with Gasteiger partial charge in [0, 0.05) is 103 Å². The normalized spacial score (nSPS) is 1.80. The van der Waals surface area contributed by atoms with Crippen LogP contribution in [0, 0.1) is 13.8 Å². The molecule has 0 atom stereocenters. The van der Waals surface area contributed by atoms with Gasteiger partial charge in [0.2, 0.25) is 0 Å². The van der Waals surface area contributed by atoms with Crippen LogP contribution in [0.3, 0.4) is 0 Å². The third-order valence-corrected chi connectivity index (χ3v) is 0. The van der Waals surface area contributed by atoms with Gasteiger partial charge in [0.1, 0.15) is 0 Å². The zero-order valence-corrected chi connectivity index (χ0v) is 15.3. The molecule has 0 saturated heterocycles. The van der Waals surface area contributed by atoms with Gasteiger partial charge in [-0.2, -0.15) is 13.8 Å². The minimum Gasteiger partial charge on any atom is -0.346 e. The molecule has 0 unspecified atom stereocenters. The van der Waals surface area contributed by atoms with Gasteiger partial charge in [0.15, 0.2) is 0 Å². The minimum absolute atomic E-state index is 0. The van der Waals surface area contributed by atoms with E-state index in [1.165, 1.54) is 0 Å². The van der Waals surface area contributed by atoms with Crippen LogP contribution in [0.4, 0.5) is 0 Å². The first-order valence-corrected chi connectivity index (χ1v) is 7.84. The van der Waals surface area contributed by atoms with Crippen molar-refractivity contribution in [3.05, 3.63) is 13.8 Å². The molecule has 0 N–H and O–H groups in total. The molecule has 10 heavy (non-hydrogen) atoms. The number of rotatable bonds is 0. The van der Waals surface area contributed by atoms with E-state index in [1.54, 1.807) is 13.8 Å². The smallest absolute Gasteiger partial charge is 0 e. The van der Waals surface area contributed by atoms with Gasteiger partial charge in [-0.05, 0) is 0 Å². The van der Waals surface area contributed by atoms with Crippen LogP contribution >= 0.6 is 37.2 Å². The van der Waals surface area contributed by atoms with E-state index in [9.17, 15) is 0 Å². The Kier molecular flexibility index (Phi) is 632. The molecule has 0 aliphatic heterocycles. The first-order chi connectivity index (χ1) is 3.00. The van der Waals surface area contributed by atoms with E-state index in [-0.39, 0.29) is 80.3 Å². The molecule has 64 valence electrons. The van der Waals surface area contributed by atoms with Crippen LogP contribution in [0.25, 0.3) is 0 Å². The van der Waals surface area contributed by atoms with E-state index in [2.05, 4.69) is 51.1 Å². The van der Waals surface area contributed by atoms with Crippen molar-refractivity contribution in [2.75, 3.05) is 0 Å². The fourth-order valence-corrected chi connectivity index (χ4v) is 0. The predicted octanol–water partition coefficient (Wildman–Crippen LogP) is 4.72. The second-order valence-electron chi connectivity index (χ2n) is 0. The topological polar surface area (TPSA) is 0 Å². The Balaban J connectivity index is -0.00000000225. The van der Waals surface area contributed by atoms with Crippen molar-refractivity contribution in [1.82, 2.24) is 0 Å². The molecule has 0 spiro atoms. The molecule has 0 aromatic heterocycles. The first-order valence-electron chi connectivity index (χ1n) is 1.56. The molecule has 0 fully saturated rings. The van der Waals surface area contributed by atoms with Gasteiger partial charge in [-0.3, -0.25) is 0 Å². The van der Waals surface area contributed by atoms with Crippen LogP contribution in [-0.2, 0) is 65.4 Å². The molecule has 0 aliphatic carbocycles. The van der Waals surface area contributed by atoms with E-state index < -0.39 is 0 Å². The Morgan fingerprint density at radius 3 is 0.700 bits per heavy atom. The van der Waals surface area contributed by atoms with Crippen LogP contribution in [0.5, 0.6) is 0 Å². The molecule has 2 radical (unpaired) electrons. The van der Waals surface area contributed by atoms with Crippen LogP contribution < -0.4 is 0 Å². The Morgan fingerprint density at radius 1 is 0.700 bits per heavy atom. The van der Waals surface area contributed by atoms with Crippen molar-refractivity contribution >= 4 is 37.2 Å². The second-order valence-corrected chi connectivity index (χ2v) is 0. The Bertz CT molecular complexity index is 13.7. The zero-order valence-electron chi connectivity index (χ0n) is 5.32. The van der Waals surface area contributed by atoms with Gasteiger partial charge in [0.05, 0.1) is 0 Å². The molecule has 0 saturated carbocycles. The molecule has 0 amide bonds. The molecule has 0 nitrogen and oxygen atoms in total. The van der Waals surface area contributed by atoms with Gasteiger partial charge >= 0.3 is 0 Å². The largest absolute Gasteiger partial charge is 0.346 e. The zero-order chi connectivity index (χ0) is 6.00. The predicted molar refractivity (Wildman–Crippen MR) is 63.6 cm³/mol. The maximum absolute atomic E-state index is 3.25. The fourth-order valence-electron chi connectivity index (χ4n) is 0. The van der Waals surface area contributed by atoms with Gasteiger partial charge in [-0.25, -0.2) is 0 Å². The summed E-state index contributed by atoms with van der Waals surface area (Å²) in [5.74, 6) is 0. The summed E-state index contributed by atoms with van der Waals surface area (Å²) in [6, 6.07) is 0. The molecule has 0 heterocycles. The van der Waals surface area contributed by atoms with E-state index >= 15 is 0 Å². The molecule has 0 bridgehead atoms. The Labute approximate surface area is 142 Å². The maximum atomic E-state index is 3.25. The van der Waals surface area contributed by atoms with E-state index in [1.807, 2.05) is 0 Å².